The molecule has 1 aromatic rings. The van der Waals surface area contributed by atoms with Crippen molar-refractivity contribution < 1.29 is 9.63 Å². The highest BCUT2D eigenvalue weighted by Crippen LogP contribution is 2.15. The van der Waals surface area contributed by atoms with Crippen molar-refractivity contribution in [2.24, 2.45) is 18.1 Å². The van der Waals surface area contributed by atoms with Gasteiger partial charge in [-0.1, -0.05) is 19.0 Å². The number of aromatic nitrogens is 3. The number of carbonyl (C=O) groups is 1. The molecule has 1 aromatic heterocycles. The Balaban J connectivity index is 1.77. The van der Waals surface area contributed by atoms with Gasteiger partial charge in [-0.2, -0.15) is 5.10 Å². The summed E-state index contributed by atoms with van der Waals surface area (Å²) in [5.74, 6) is 0.693. The summed E-state index contributed by atoms with van der Waals surface area (Å²) in [6.07, 6.45) is 0.464. The summed E-state index contributed by atoms with van der Waals surface area (Å²) in [5.41, 5.74) is 0.639. The first-order valence-corrected chi connectivity index (χ1v) is 6.59. The van der Waals surface area contributed by atoms with Gasteiger partial charge < -0.3 is 10.2 Å². The number of hydrogen-bond acceptors (Lipinski definition) is 5. The summed E-state index contributed by atoms with van der Waals surface area (Å²) in [6.45, 7) is 4.43. The van der Waals surface area contributed by atoms with Gasteiger partial charge in [0, 0.05) is 26.4 Å². The van der Waals surface area contributed by atoms with Gasteiger partial charge in [0.2, 0.25) is 6.10 Å². The molecule has 8 heteroatoms. The average Bonchev–Trinajstić information content (AvgIpc) is 3.01. The third-order valence-corrected chi connectivity index (χ3v) is 3.27. The van der Waals surface area contributed by atoms with Gasteiger partial charge in [-0.3, -0.25) is 9.36 Å². The third kappa shape index (κ3) is 3.06. The molecule has 8 nitrogen and oxygen atoms in total. The second-order valence-corrected chi connectivity index (χ2v) is 5.08. The van der Waals surface area contributed by atoms with Gasteiger partial charge in [0.25, 0.3) is 5.91 Å². The minimum absolute atomic E-state index is 0.190. The van der Waals surface area contributed by atoms with Crippen LogP contribution in [0.15, 0.2) is 9.95 Å². The zero-order chi connectivity index (χ0) is 14.7. The van der Waals surface area contributed by atoms with E-state index in [0.717, 1.165) is 5.71 Å². The standard InChI is InChI=1S/C12H19N5O3/c1-7(2)8-6-9(20-16-8)11(18)13-5-4-10-14-15-12(19)17(10)3/h7,9H,4-6H2,1-3H3,(H,13,18)(H,15,19)/t9-/m1/s1. The molecule has 0 saturated carbocycles. The topological polar surface area (TPSA) is 101 Å². The molecular formula is C12H19N5O3. The van der Waals surface area contributed by atoms with E-state index in [9.17, 15) is 9.59 Å². The first-order chi connectivity index (χ1) is 9.49. The maximum atomic E-state index is 11.9. The van der Waals surface area contributed by atoms with Gasteiger partial charge in [-0.25, -0.2) is 9.89 Å². The van der Waals surface area contributed by atoms with E-state index in [0.29, 0.717) is 25.2 Å². The molecule has 1 aliphatic heterocycles. The van der Waals surface area contributed by atoms with Crippen LogP contribution in [0.3, 0.4) is 0 Å². The molecule has 0 aliphatic carbocycles. The summed E-state index contributed by atoms with van der Waals surface area (Å²) in [5, 5.41) is 12.9. The van der Waals surface area contributed by atoms with E-state index >= 15 is 0 Å². The number of aromatic amines is 1. The van der Waals surface area contributed by atoms with Gasteiger partial charge >= 0.3 is 5.69 Å². The Morgan fingerprint density at radius 2 is 2.35 bits per heavy atom. The molecule has 20 heavy (non-hydrogen) atoms. The van der Waals surface area contributed by atoms with Crippen molar-refractivity contribution in [1.29, 1.82) is 0 Å². The van der Waals surface area contributed by atoms with E-state index < -0.39 is 6.10 Å². The van der Waals surface area contributed by atoms with Gasteiger partial charge in [0.05, 0.1) is 5.71 Å². The van der Waals surface area contributed by atoms with Crippen LogP contribution in [-0.2, 0) is 23.1 Å². The summed E-state index contributed by atoms with van der Waals surface area (Å²) in [6, 6.07) is 0. The summed E-state index contributed by atoms with van der Waals surface area (Å²) in [4.78, 5) is 28.2. The number of amides is 1. The molecule has 0 fully saturated rings. The van der Waals surface area contributed by atoms with Crippen LogP contribution in [-0.4, -0.2) is 39.0 Å². The predicted octanol–water partition coefficient (Wildman–Crippen LogP) is -0.432. The maximum absolute atomic E-state index is 11.9. The van der Waals surface area contributed by atoms with Crippen LogP contribution < -0.4 is 11.0 Å². The molecule has 2 N–H and O–H groups in total. The lowest BCUT2D eigenvalue weighted by Gasteiger charge is -2.09. The molecule has 1 amide bonds. The SMILES string of the molecule is CC(C)C1=NO[C@@H](C(=O)NCCc2n[nH]c(=O)n2C)C1. The van der Waals surface area contributed by atoms with E-state index in [1.807, 2.05) is 13.8 Å². The van der Waals surface area contributed by atoms with Crippen molar-refractivity contribution in [3.63, 3.8) is 0 Å². The number of carbonyl (C=O) groups excluding carboxylic acids is 1. The van der Waals surface area contributed by atoms with E-state index in [2.05, 4.69) is 20.7 Å². The molecule has 1 atom stereocenters. The van der Waals surface area contributed by atoms with E-state index in [1.54, 1.807) is 7.05 Å². The van der Waals surface area contributed by atoms with Crippen LogP contribution in [0.4, 0.5) is 0 Å². The Labute approximate surface area is 116 Å². The lowest BCUT2D eigenvalue weighted by Crippen LogP contribution is -2.36. The van der Waals surface area contributed by atoms with Gasteiger partial charge in [-0.15, -0.1) is 0 Å². The maximum Gasteiger partial charge on any atom is 0.343 e. The second-order valence-electron chi connectivity index (χ2n) is 5.08. The minimum Gasteiger partial charge on any atom is -0.382 e. The Hall–Kier alpha value is -2.12. The van der Waals surface area contributed by atoms with Crippen LogP contribution >= 0.6 is 0 Å². The summed E-state index contributed by atoms with van der Waals surface area (Å²) < 4.78 is 1.41. The fraction of sp³-hybridized carbons (Fsp3) is 0.667. The molecule has 1 aliphatic rings. The van der Waals surface area contributed by atoms with Gasteiger partial charge in [0.1, 0.15) is 5.82 Å². The molecule has 0 aromatic carbocycles. The van der Waals surface area contributed by atoms with E-state index in [4.69, 9.17) is 4.84 Å². The van der Waals surface area contributed by atoms with Gasteiger partial charge in [0.15, 0.2) is 0 Å². The number of rotatable bonds is 5. The van der Waals surface area contributed by atoms with E-state index in [1.165, 1.54) is 4.57 Å². The first kappa shape index (κ1) is 14.3. The second kappa shape index (κ2) is 5.89. The fourth-order valence-corrected chi connectivity index (χ4v) is 1.89. The molecule has 2 heterocycles. The molecule has 2 rings (SSSR count). The summed E-state index contributed by atoms with van der Waals surface area (Å²) >= 11 is 0. The van der Waals surface area contributed by atoms with Crippen LogP contribution in [0.1, 0.15) is 26.1 Å². The van der Waals surface area contributed by atoms with Crippen molar-refractivity contribution in [2.45, 2.75) is 32.8 Å². The number of nitrogens with one attached hydrogen (secondary N) is 2. The van der Waals surface area contributed by atoms with Crippen molar-refractivity contribution in [2.75, 3.05) is 6.54 Å². The lowest BCUT2D eigenvalue weighted by atomic mass is 10.0. The number of H-pyrrole nitrogens is 1. The lowest BCUT2D eigenvalue weighted by molar-refractivity contribution is -0.131. The average molecular weight is 281 g/mol. The fourth-order valence-electron chi connectivity index (χ4n) is 1.89. The predicted molar refractivity (Wildman–Crippen MR) is 72.3 cm³/mol. The smallest absolute Gasteiger partial charge is 0.343 e. The highest BCUT2D eigenvalue weighted by molar-refractivity contribution is 5.93. The van der Waals surface area contributed by atoms with Gasteiger partial charge in [-0.05, 0) is 5.92 Å². The molecule has 0 bridgehead atoms. The zero-order valence-corrected chi connectivity index (χ0v) is 11.8. The zero-order valence-electron chi connectivity index (χ0n) is 11.8. The molecule has 0 saturated heterocycles. The van der Waals surface area contributed by atoms with Crippen LogP contribution in [0, 0.1) is 5.92 Å². The largest absolute Gasteiger partial charge is 0.382 e. The Kier molecular flexibility index (Phi) is 4.21. The molecular weight excluding hydrogens is 262 g/mol. The van der Waals surface area contributed by atoms with Crippen LogP contribution in [0.2, 0.25) is 0 Å². The van der Waals surface area contributed by atoms with Crippen molar-refractivity contribution in [3.05, 3.63) is 16.3 Å². The third-order valence-electron chi connectivity index (χ3n) is 3.27. The molecule has 0 unspecified atom stereocenters. The molecule has 110 valence electrons. The molecule has 0 radical (unpaired) electrons. The van der Waals surface area contributed by atoms with Crippen molar-refractivity contribution in [1.82, 2.24) is 20.1 Å². The Bertz CT molecular complexity index is 572. The monoisotopic (exact) mass is 281 g/mol. The number of oxime groups is 1. The van der Waals surface area contributed by atoms with E-state index in [-0.39, 0.29) is 17.5 Å². The first-order valence-electron chi connectivity index (χ1n) is 6.59. The Morgan fingerprint density at radius 3 is 2.90 bits per heavy atom. The Morgan fingerprint density at radius 1 is 1.60 bits per heavy atom. The normalized spacial score (nSPS) is 18.0. The summed E-state index contributed by atoms with van der Waals surface area (Å²) in [7, 11) is 1.63. The minimum atomic E-state index is -0.546. The number of hydrogen-bond donors (Lipinski definition) is 2. The molecule has 0 spiro atoms. The highest BCUT2D eigenvalue weighted by atomic mass is 16.6. The van der Waals surface area contributed by atoms with Crippen molar-refractivity contribution in [3.8, 4) is 0 Å². The number of nitrogens with zero attached hydrogens (tertiary/aromatic N) is 3. The quantitative estimate of drug-likeness (QED) is 0.764. The van der Waals surface area contributed by atoms with Crippen LogP contribution in [0.25, 0.3) is 0 Å². The highest BCUT2D eigenvalue weighted by Gasteiger charge is 2.28. The van der Waals surface area contributed by atoms with Crippen molar-refractivity contribution >= 4 is 11.6 Å². The van der Waals surface area contributed by atoms with Crippen LogP contribution in [0.5, 0.6) is 0 Å².